The standard InChI is InChI=1S/C12H15BrN2O3/c1-8(5-6-16)14-11(17)12(18)15-10-4-2-3-9(13)7-10/h2-4,7-8,16H,5-6H2,1H3,(H,14,17)(H,15,18)/t8-/m1/s1. The molecule has 3 N–H and O–H groups in total. The van der Waals surface area contributed by atoms with Gasteiger partial charge in [0.1, 0.15) is 0 Å². The molecule has 98 valence electrons. The van der Waals surface area contributed by atoms with E-state index in [-0.39, 0.29) is 12.6 Å². The third-order valence-corrected chi connectivity index (χ3v) is 2.72. The number of aliphatic hydroxyl groups is 1. The van der Waals surface area contributed by atoms with Gasteiger partial charge in [0, 0.05) is 22.8 Å². The summed E-state index contributed by atoms with van der Waals surface area (Å²) in [4.78, 5) is 23.1. The topological polar surface area (TPSA) is 78.4 Å². The molecule has 5 nitrogen and oxygen atoms in total. The Morgan fingerprint density at radius 2 is 2.11 bits per heavy atom. The quantitative estimate of drug-likeness (QED) is 0.732. The number of anilines is 1. The summed E-state index contributed by atoms with van der Waals surface area (Å²) in [7, 11) is 0. The fourth-order valence-electron chi connectivity index (χ4n) is 1.31. The number of halogens is 1. The summed E-state index contributed by atoms with van der Waals surface area (Å²) in [6.45, 7) is 1.69. The van der Waals surface area contributed by atoms with E-state index < -0.39 is 11.8 Å². The van der Waals surface area contributed by atoms with Gasteiger partial charge in [-0.25, -0.2) is 0 Å². The monoisotopic (exact) mass is 314 g/mol. The van der Waals surface area contributed by atoms with E-state index in [0.717, 1.165) is 4.47 Å². The first kappa shape index (κ1) is 14.7. The van der Waals surface area contributed by atoms with E-state index in [4.69, 9.17) is 5.11 Å². The molecule has 0 saturated heterocycles. The van der Waals surface area contributed by atoms with Gasteiger partial charge in [-0.15, -0.1) is 0 Å². The molecule has 1 aromatic carbocycles. The molecular formula is C12H15BrN2O3. The van der Waals surface area contributed by atoms with E-state index in [2.05, 4.69) is 26.6 Å². The predicted octanol–water partition coefficient (Wildman–Crippen LogP) is 1.27. The van der Waals surface area contributed by atoms with Gasteiger partial charge in [-0.1, -0.05) is 22.0 Å². The lowest BCUT2D eigenvalue weighted by Crippen LogP contribution is -2.40. The van der Waals surface area contributed by atoms with Gasteiger partial charge in [0.05, 0.1) is 0 Å². The minimum absolute atomic E-state index is 0.0330. The first-order valence-corrected chi connectivity index (χ1v) is 6.30. The Hall–Kier alpha value is -1.40. The second-order valence-corrected chi connectivity index (χ2v) is 4.77. The van der Waals surface area contributed by atoms with Crippen molar-refractivity contribution in [3.8, 4) is 0 Å². The number of rotatable bonds is 4. The van der Waals surface area contributed by atoms with Crippen LogP contribution in [0.5, 0.6) is 0 Å². The zero-order chi connectivity index (χ0) is 13.5. The lowest BCUT2D eigenvalue weighted by Gasteiger charge is -2.12. The van der Waals surface area contributed by atoms with Crippen molar-refractivity contribution in [3.05, 3.63) is 28.7 Å². The highest BCUT2D eigenvalue weighted by Crippen LogP contribution is 2.15. The number of hydrogen-bond donors (Lipinski definition) is 3. The summed E-state index contributed by atoms with van der Waals surface area (Å²) in [6.07, 6.45) is 0.413. The largest absolute Gasteiger partial charge is 0.396 e. The molecule has 2 amide bonds. The minimum Gasteiger partial charge on any atom is -0.396 e. The lowest BCUT2D eigenvalue weighted by atomic mass is 10.2. The second kappa shape index (κ2) is 7.13. The molecule has 0 fully saturated rings. The van der Waals surface area contributed by atoms with Crippen LogP contribution >= 0.6 is 15.9 Å². The Morgan fingerprint density at radius 1 is 1.39 bits per heavy atom. The molecule has 0 aliphatic rings. The van der Waals surface area contributed by atoms with Crippen LogP contribution in [-0.2, 0) is 9.59 Å². The molecule has 0 aliphatic heterocycles. The molecule has 1 rings (SSSR count). The van der Waals surface area contributed by atoms with Gasteiger partial charge < -0.3 is 15.7 Å². The van der Waals surface area contributed by atoms with Crippen molar-refractivity contribution in [2.24, 2.45) is 0 Å². The van der Waals surface area contributed by atoms with Gasteiger partial charge in [-0.2, -0.15) is 0 Å². The van der Waals surface area contributed by atoms with Gasteiger partial charge in [0.15, 0.2) is 0 Å². The fraction of sp³-hybridized carbons (Fsp3) is 0.333. The molecule has 0 aromatic heterocycles. The van der Waals surface area contributed by atoms with Gasteiger partial charge in [0.25, 0.3) is 0 Å². The molecule has 0 heterocycles. The van der Waals surface area contributed by atoms with Crippen LogP contribution in [0.1, 0.15) is 13.3 Å². The van der Waals surface area contributed by atoms with Crippen LogP contribution in [0.15, 0.2) is 28.7 Å². The van der Waals surface area contributed by atoms with E-state index >= 15 is 0 Å². The highest BCUT2D eigenvalue weighted by Gasteiger charge is 2.15. The van der Waals surface area contributed by atoms with Crippen molar-refractivity contribution in [1.29, 1.82) is 0 Å². The lowest BCUT2D eigenvalue weighted by molar-refractivity contribution is -0.136. The first-order chi connectivity index (χ1) is 8.52. The predicted molar refractivity (Wildman–Crippen MR) is 72.1 cm³/mol. The van der Waals surface area contributed by atoms with Crippen LogP contribution in [0.3, 0.4) is 0 Å². The van der Waals surface area contributed by atoms with Gasteiger partial charge in [0.2, 0.25) is 0 Å². The van der Waals surface area contributed by atoms with Gasteiger partial charge in [-0.3, -0.25) is 9.59 Å². The Balaban J connectivity index is 2.52. The van der Waals surface area contributed by atoms with Crippen molar-refractivity contribution in [3.63, 3.8) is 0 Å². The maximum atomic E-state index is 11.6. The summed E-state index contributed by atoms with van der Waals surface area (Å²) in [5, 5.41) is 13.7. The van der Waals surface area contributed by atoms with Crippen molar-refractivity contribution < 1.29 is 14.7 Å². The van der Waals surface area contributed by atoms with Crippen LogP contribution in [0.2, 0.25) is 0 Å². The first-order valence-electron chi connectivity index (χ1n) is 5.51. The van der Waals surface area contributed by atoms with Crippen molar-refractivity contribution in [2.45, 2.75) is 19.4 Å². The summed E-state index contributed by atoms with van der Waals surface area (Å²) in [5.41, 5.74) is 0.541. The van der Waals surface area contributed by atoms with E-state index in [0.29, 0.717) is 12.1 Å². The number of nitrogens with one attached hydrogen (secondary N) is 2. The van der Waals surface area contributed by atoms with Gasteiger partial charge in [-0.05, 0) is 31.5 Å². The molecule has 0 saturated carbocycles. The van der Waals surface area contributed by atoms with Crippen LogP contribution in [0, 0.1) is 0 Å². The number of benzene rings is 1. The minimum atomic E-state index is -0.724. The third-order valence-electron chi connectivity index (χ3n) is 2.23. The number of carbonyl (C=O) groups excluding carboxylic acids is 2. The van der Waals surface area contributed by atoms with Crippen LogP contribution in [0.25, 0.3) is 0 Å². The van der Waals surface area contributed by atoms with Crippen molar-refractivity contribution in [1.82, 2.24) is 5.32 Å². The molecule has 0 aliphatic carbocycles. The molecule has 0 bridgehead atoms. The summed E-state index contributed by atoms with van der Waals surface area (Å²) in [6, 6.07) is 6.72. The average molecular weight is 315 g/mol. The highest BCUT2D eigenvalue weighted by atomic mass is 79.9. The van der Waals surface area contributed by atoms with E-state index in [1.807, 2.05) is 6.07 Å². The van der Waals surface area contributed by atoms with Crippen LogP contribution in [-0.4, -0.2) is 29.6 Å². The SMILES string of the molecule is C[C@H](CCO)NC(=O)C(=O)Nc1cccc(Br)c1. The fourth-order valence-corrected chi connectivity index (χ4v) is 1.71. The molecule has 1 aromatic rings. The Bertz CT molecular complexity index is 437. The molecule has 0 spiro atoms. The maximum absolute atomic E-state index is 11.6. The molecule has 0 unspecified atom stereocenters. The molecule has 18 heavy (non-hydrogen) atoms. The maximum Gasteiger partial charge on any atom is 0.313 e. The molecular weight excluding hydrogens is 300 g/mol. The van der Waals surface area contributed by atoms with Crippen molar-refractivity contribution in [2.75, 3.05) is 11.9 Å². The third kappa shape index (κ3) is 4.85. The van der Waals surface area contributed by atoms with E-state index in [1.54, 1.807) is 25.1 Å². The Morgan fingerprint density at radius 3 is 2.72 bits per heavy atom. The van der Waals surface area contributed by atoms with Crippen LogP contribution in [0.4, 0.5) is 5.69 Å². The summed E-state index contributed by atoms with van der Waals surface area (Å²) >= 11 is 3.27. The highest BCUT2D eigenvalue weighted by molar-refractivity contribution is 9.10. The zero-order valence-corrected chi connectivity index (χ0v) is 11.5. The van der Waals surface area contributed by atoms with E-state index in [1.165, 1.54) is 0 Å². The molecule has 0 radical (unpaired) electrons. The smallest absolute Gasteiger partial charge is 0.313 e. The van der Waals surface area contributed by atoms with E-state index in [9.17, 15) is 9.59 Å². The second-order valence-electron chi connectivity index (χ2n) is 3.85. The molecule has 6 heteroatoms. The average Bonchev–Trinajstić information content (AvgIpc) is 2.29. The number of aliphatic hydroxyl groups excluding tert-OH is 1. The zero-order valence-electron chi connectivity index (χ0n) is 9.94. The summed E-state index contributed by atoms with van der Waals surface area (Å²) in [5.74, 6) is -1.44. The summed E-state index contributed by atoms with van der Waals surface area (Å²) < 4.78 is 0.814. The Kier molecular flexibility index (Phi) is 5.80. The number of amides is 2. The normalized spacial score (nSPS) is 11.7. The number of hydrogen-bond acceptors (Lipinski definition) is 3. The van der Waals surface area contributed by atoms with Gasteiger partial charge >= 0.3 is 11.8 Å². The Labute approximate surface area is 114 Å². The van der Waals surface area contributed by atoms with Crippen LogP contribution < -0.4 is 10.6 Å². The molecule has 1 atom stereocenters. The number of carbonyl (C=O) groups is 2. The van der Waals surface area contributed by atoms with Crippen molar-refractivity contribution >= 4 is 33.4 Å².